The summed E-state index contributed by atoms with van der Waals surface area (Å²) in [4.78, 5) is 14.7. The molecule has 0 saturated carbocycles. The number of carboxylic acid groups (broad SMARTS) is 1. The van der Waals surface area contributed by atoms with E-state index in [1.165, 1.54) is 0 Å². The standard InChI is InChI=1S/C13H15NO3/c15-13(16)7-6-11-9-14-12(17-11)8-10-4-2-1-3-5-10/h1-5,11H,6-9H2,(H,15,16). The molecule has 1 aliphatic rings. The summed E-state index contributed by atoms with van der Waals surface area (Å²) in [7, 11) is 0. The van der Waals surface area contributed by atoms with E-state index in [1.807, 2.05) is 30.3 Å². The maximum atomic E-state index is 10.4. The Kier molecular flexibility index (Phi) is 3.75. The van der Waals surface area contributed by atoms with Crippen LogP contribution in [-0.2, 0) is 16.0 Å². The van der Waals surface area contributed by atoms with E-state index >= 15 is 0 Å². The van der Waals surface area contributed by atoms with Crippen molar-refractivity contribution in [2.75, 3.05) is 6.54 Å². The summed E-state index contributed by atoms with van der Waals surface area (Å²) in [6.45, 7) is 0.579. The van der Waals surface area contributed by atoms with Gasteiger partial charge in [0.25, 0.3) is 0 Å². The first-order valence-electron chi connectivity index (χ1n) is 5.70. The first kappa shape index (κ1) is 11.6. The zero-order valence-electron chi connectivity index (χ0n) is 9.50. The molecule has 1 heterocycles. The SMILES string of the molecule is O=C(O)CCC1CN=C(Cc2ccccc2)O1. The average molecular weight is 233 g/mol. The minimum atomic E-state index is -0.787. The van der Waals surface area contributed by atoms with E-state index in [-0.39, 0.29) is 12.5 Å². The molecule has 17 heavy (non-hydrogen) atoms. The lowest BCUT2D eigenvalue weighted by molar-refractivity contribution is -0.137. The summed E-state index contributed by atoms with van der Waals surface area (Å²) < 4.78 is 5.60. The molecule has 1 atom stereocenters. The molecule has 2 rings (SSSR count). The maximum Gasteiger partial charge on any atom is 0.303 e. The molecule has 1 unspecified atom stereocenters. The van der Waals surface area contributed by atoms with E-state index in [4.69, 9.17) is 9.84 Å². The minimum Gasteiger partial charge on any atom is -0.481 e. The van der Waals surface area contributed by atoms with Gasteiger partial charge in [0.2, 0.25) is 0 Å². The Balaban J connectivity index is 1.80. The highest BCUT2D eigenvalue weighted by Gasteiger charge is 2.20. The van der Waals surface area contributed by atoms with Gasteiger partial charge in [-0.1, -0.05) is 30.3 Å². The quantitative estimate of drug-likeness (QED) is 0.844. The van der Waals surface area contributed by atoms with Crippen LogP contribution < -0.4 is 0 Å². The van der Waals surface area contributed by atoms with Gasteiger partial charge in [0, 0.05) is 12.8 Å². The number of aliphatic carboxylic acids is 1. The Morgan fingerprint density at radius 2 is 2.18 bits per heavy atom. The third-order valence-corrected chi connectivity index (χ3v) is 2.65. The van der Waals surface area contributed by atoms with Gasteiger partial charge in [-0.15, -0.1) is 0 Å². The van der Waals surface area contributed by atoms with Gasteiger partial charge in [-0.2, -0.15) is 0 Å². The highest BCUT2D eigenvalue weighted by atomic mass is 16.5. The fraction of sp³-hybridized carbons (Fsp3) is 0.385. The third-order valence-electron chi connectivity index (χ3n) is 2.65. The lowest BCUT2D eigenvalue weighted by Crippen LogP contribution is -2.15. The van der Waals surface area contributed by atoms with Crippen molar-refractivity contribution in [1.29, 1.82) is 0 Å². The van der Waals surface area contributed by atoms with Crippen LogP contribution in [0.25, 0.3) is 0 Å². The summed E-state index contributed by atoms with van der Waals surface area (Å²) >= 11 is 0. The van der Waals surface area contributed by atoms with Gasteiger partial charge in [-0.05, 0) is 12.0 Å². The molecule has 0 aromatic heterocycles. The first-order chi connectivity index (χ1) is 8.24. The van der Waals surface area contributed by atoms with E-state index in [1.54, 1.807) is 0 Å². The van der Waals surface area contributed by atoms with Crippen molar-refractivity contribution in [3.63, 3.8) is 0 Å². The molecule has 0 radical (unpaired) electrons. The number of nitrogens with zero attached hydrogens (tertiary/aromatic N) is 1. The van der Waals surface area contributed by atoms with Gasteiger partial charge in [-0.3, -0.25) is 9.79 Å². The molecule has 0 spiro atoms. The number of ether oxygens (including phenoxy) is 1. The van der Waals surface area contributed by atoms with Crippen molar-refractivity contribution < 1.29 is 14.6 Å². The van der Waals surface area contributed by atoms with Gasteiger partial charge in [-0.25, -0.2) is 0 Å². The molecule has 0 amide bonds. The van der Waals surface area contributed by atoms with Crippen LogP contribution >= 0.6 is 0 Å². The predicted molar refractivity (Wildman–Crippen MR) is 64.2 cm³/mol. The lowest BCUT2D eigenvalue weighted by atomic mass is 10.1. The van der Waals surface area contributed by atoms with Gasteiger partial charge < -0.3 is 9.84 Å². The number of carboxylic acids is 1. The van der Waals surface area contributed by atoms with Crippen LogP contribution in [0.4, 0.5) is 0 Å². The lowest BCUT2D eigenvalue weighted by Gasteiger charge is -2.09. The Morgan fingerprint density at radius 3 is 2.88 bits per heavy atom. The molecule has 0 aliphatic carbocycles. The van der Waals surface area contributed by atoms with Gasteiger partial charge in [0.1, 0.15) is 6.10 Å². The van der Waals surface area contributed by atoms with Crippen molar-refractivity contribution in [2.45, 2.75) is 25.4 Å². The number of hydrogen-bond donors (Lipinski definition) is 1. The van der Waals surface area contributed by atoms with E-state index < -0.39 is 5.97 Å². The topological polar surface area (TPSA) is 58.9 Å². The summed E-state index contributed by atoms with van der Waals surface area (Å²) in [6, 6.07) is 9.98. The predicted octanol–water partition coefficient (Wildman–Crippen LogP) is 1.89. The average Bonchev–Trinajstić information content (AvgIpc) is 2.75. The largest absolute Gasteiger partial charge is 0.481 e. The number of aliphatic imine (C=N–C) groups is 1. The molecular weight excluding hydrogens is 218 g/mol. The Hall–Kier alpha value is -1.84. The molecule has 4 heteroatoms. The molecular formula is C13H15NO3. The second-order valence-electron chi connectivity index (χ2n) is 4.07. The van der Waals surface area contributed by atoms with Crippen LogP contribution in [0.1, 0.15) is 18.4 Å². The molecule has 1 aliphatic heterocycles. The zero-order valence-corrected chi connectivity index (χ0v) is 9.50. The van der Waals surface area contributed by atoms with E-state index in [9.17, 15) is 4.79 Å². The molecule has 1 N–H and O–H groups in total. The van der Waals surface area contributed by atoms with E-state index in [2.05, 4.69) is 4.99 Å². The van der Waals surface area contributed by atoms with Crippen molar-refractivity contribution in [1.82, 2.24) is 0 Å². The number of benzene rings is 1. The molecule has 0 bridgehead atoms. The molecule has 1 aromatic rings. The molecule has 4 nitrogen and oxygen atoms in total. The van der Waals surface area contributed by atoms with Crippen LogP contribution in [0.5, 0.6) is 0 Å². The highest BCUT2D eigenvalue weighted by molar-refractivity contribution is 5.80. The number of hydrogen-bond acceptors (Lipinski definition) is 3. The molecule has 0 saturated heterocycles. The molecule has 0 fully saturated rings. The Morgan fingerprint density at radius 1 is 1.41 bits per heavy atom. The Labute approximate surface area is 99.9 Å². The highest BCUT2D eigenvalue weighted by Crippen LogP contribution is 2.13. The van der Waals surface area contributed by atoms with Crippen LogP contribution in [0.15, 0.2) is 35.3 Å². The van der Waals surface area contributed by atoms with Crippen molar-refractivity contribution >= 4 is 11.9 Å². The fourth-order valence-corrected chi connectivity index (χ4v) is 1.77. The minimum absolute atomic E-state index is 0.0650. The van der Waals surface area contributed by atoms with Gasteiger partial charge >= 0.3 is 5.97 Å². The fourth-order valence-electron chi connectivity index (χ4n) is 1.77. The summed E-state index contributed by atoms with van der Waals surface area (Å²) in [5, 5.41) is 8.58. The second-order valence-corrected chi connectivity index (χ2v) is 4.07. The number of rotatable bonds is 5. The first-order valence-corrected chi connectivity index (χ1v) is 5.70. The smallest absolute Gasteiger partial charge is 0.303 e. The third kappa shape index (κ3) is 3.59. The van der Waals surface area contributed by atoms with Crippen molar-refractivity contribution in [3.05, 3.63) is 35.9 Å². The normalized spacial score (nSPS) is 18.6. The van der Waals surface area contributed by atoms with E-state index in [0.29, 0.717) is 25.3 Å². The Bertz CT molecular complexity index is 414. The molecule has 1 aromatic carbocycles. The van der Waals surface area contributed by atoms with Crippen LogP contribution in [-0.4, -0.2) is 29.6 Å². The maximum absolute atomic E-state index is 10.4. The van der Waals surface area contributed by atoms with E-state index in [0.717, 1.165) is 5.56 Å². The van der Waals surface area contributed by atoms with Crippen LogP contribution in [0.2, 0.25) is 0 Å². The second kappa shape index (κ2) is 5.48. The summed E-state index contributed by atoms with van der Waals surface area (Å²) in [5.74, 6) is -0.0725. The van der Waals surface area contributed by atoms with Crippen LogP contribution in [0.3, 0.4) is 0 Å². The molecule has 90 valence electrons. The summed E-state index contributed by atoms with van der Waals surface area (Å²) in [5.41, 5.74) is 1.16. The zero-order chi connectivity index (χ0) is 12.1. The van der Waals surface area contributed by atoms with Crippen molar-refractivity contribution in [2.24, 2.45) is 4.99 Å². The van der Waals surface area contributed by atoms with Crippen molar-refractivity contribution in [3.8, 4) is 0 Å². The van der Waals surface area contributed by atoms with Gasteiger partial charge in [0.15, 0.2) is 5.90 Å². The van der Waals surface area contributed by atoms with Crippen LogP contribution in [0, 0.1) is 0 Å². The number of carbonyl (C=O) groups is 1. The summed E-state index contributed by atoms with van der Waals surface area (Å²) in [6.07, 6.45) is 1.28. The monoisotopic (exact) mass is 233 g/mol. The van der Waals surface area contributed by atoms with Gasteiger partial charge in [0.05, 0.1) is 6.54 Å².